The molecule has 0 N–H and O–H groups in total. The molecule has 2 nitrogen and oxygen atoms in total. The van der Waals surface area contributed by atoms with Gasteiger partial charge in [-0.2, -0.15) is 0 Å². The largest absolute Gasteiger partial charge is 0.370 e. The van der Waals surface area contributed by atoms with Gasteiger partial charge in [0.15, 0.2) is 5.78 Å². The highest BCUT2D eigenvalue weighted by Crippen LogP contribution is 2.43. The van der Waals surface area contributed by atoms with Crippen LogP contribution < -0.4 is 4.90 Å². The first-order chi connectivity index (χ1) is 10.8. The van der Waals surface area contributed by atoms with Gasteiger partial charge in [-0.15, -0.1) is 0 Å². The minimum atomic E-state index is 0.0293. The van der Waals surface area contributed by atoms with Crippen molar-refractivity contribution in [2.45, 2.75) is 40.7 Å². The summed E-state index contributed by atoms with van der Waals surface area (Å²) in [6.45, 7) is 10.6. The third-order valence-corrected chi connectivity index (χ3v) is 5.41. The molecule has 1 aliphatic heterocycles. The van der Waals surface area contributed by atoms with Crippen LogP contribution in [0.5, 0.6) is 0 Å². The summed E-state index contributed by atoms with van der Waals surface area (Å²) in [6.07, 6.45) is 0. The van der Waals surface area contributed by atoms with E-state index in [1.165, 1.54) is 27.8 Å². The molecule has 0 spiro atoms. The number of hydrogen-bond acceptors (Lipinski definition) is 2. The maximum Gasteiger partial charge on any atom is 0.169 e. The summed E-state index contributed by atoms with van der Waals surface area (Å²) in [7, 11) is 2.11. The van der Waals surface area contributed by atoms with E-state index in [0.29, 0.717) is 0 Å². The number of aryl methyl sites for hydroxylation is 3. The van der Waals surface area contributed by atoms with E-state index in [1.54, 1.807) is 0 Å². The highest BCUT2D eigenvalue weighted by Gasteiger charge is 2.35. The number of Topliss-reactive ketones (excluding diaryl/α,β-unsaturated/α-hetero) is 1. The van der Waals surface area contributed by atoms with Gasteiger partial charge in [-0.1, -0.05) is 36.8 Å². The second-order valence-corrected chi connectivity index (χ2v) is 6.98. The Hall–Kier alpha value is -2.09. The van der Waals surface area contributed by atoms with Crippen molar-refractivity contribution in [3.63, 3.8) is 0 Å². The maximum absolute atomic E-state index is 12.8. The maximum atomic E-state index is 12.8. The van der Waals surface area contributed by atoms with Gasteiger partial charge >= 0.3 is 0 Å². The number of hydrogen-bond donors (Lipinski definition) is 0. The number of anilines is 1. The number of carbonyl (C=O) groups is 1. The topological polar surface area (TPSA) is 20.3 Å². The van der Waals surface area contributed by atoms with Crippen molar-refractivity contribution in [1.82, 2.24) is 0 Å². The lowest BCUT2D eigenvalue weighted by Crippen LogP contribution is -2.43. The van der Waals surface area contributed by atoms with Crippen LogP contribution in [-0.4, -0.2) is 18.9 Å². The Balaban J connectivity index is 2.35. The first-order valence-corrected chi connectivity index (χ1v) is 8.31. The van der Waals surface area contributed by atoms with Crippen molar-refractivity contribution >= 4 is 11.5 Å². The molecule has 0 aliphatic carbocycles. The number of rotatable bonds is 1. The van der Waals surface area contributed by atoms with Crippen molar-refractivity contribution < 1.29 is 4.79 Å². The van der Waals surface area contributed by atoms with E-state index >= 15 is 0 Å². The van der Waals surface area contributed by atoms with Crippen LogP contribution in [0.25, 0.3) is 11.1 Å². The molecule has 0 radical (unpaired) electrons. The molecule has 120 valence electrons. The molecule has 2 heteroatoms. The summed E-state index contributed by atoms with van der Waals surface area (Å²) in [5.41, 5.74) is 8.11. The van der Waals surface area contributed by atoms with Crippen LogP contribution in [0.15, 0.2) is 30.3 Å². The van der Waals surface area contributed by atoms with E-state index in [9.17, 15) is 4.79 Å². The Bertz CT molecular complexity index is 791. The molecular formula is C21H25NO. The Kier molecular flexibility index (Phi) is 3.79. The molecule has 2 unspecified atom stereocenters. The minimum absolute atomic E-state index is 0.0293. The van der Waals surface area contributed by atoms with Gasteiger partial charge in [-0.3, -0.25) is 4.79 Å². The number of fused-ring (bicyclic) bond motifs is 1. The molecule has 2 aromatic rings. The molecule has 3 rings (SSSR count). The molecule has 1 heterocycles. The molecule has 0 aromatic heterocycles. The lowest BCUT2D eigenvalue weighted by Gasteiger charge is -2.39. The van der Waals surface area contributed by atoms with E-state index < -0.39 is 0 Å². The van der Waals surface area contributed by atoms with Gasteiger partial charge < -0.3 is 4.90 Å². The molecule has 0 fully saturated rings. The SMILES string of the molecule is Cc1ccc(C)c(-c2c(C)ccc3c2N(C)C(C)C(C)C3=O)c1. The first kappa shape index (κ1) is 15.8. The molecule has 0 saturated carbocycles. The van der Waals surface area contributed by atoms with Crippen LogP contribution in [0.4, 0.5) is 5.69 Å². The number of ketones is 1. The van der Waals surface area contributed by atoms with Crippen LogP contribution in [0.2, 0.25) is 0 Å². The fourth-order valence-electron chi connectivity index (χ4n) is 3.61. The van der Waals surface area contributed by atoms with E-state index in [-0.39, 0.29) is 17.7 Å². The Labute approximate surface area is 139 Å². The summed E-state index contributed by atoms with van der Waals surface area (Å²) in [4.78, 5) is 15.1. The molecule has 2 atom stereocenters. The molecule has 0 amide bonds. The van der Waals surface area contributed by atoms with Gasteiger partial charge in [-0.05, 0) is 50.5 Å². The van der Waals surface area contributed by atoms with Gasteiger partial charge in [0.25, 0.3) is 0 Å². The summed E-state index contributed by atoms with van der Waals surface area (Å²) < 4.78 is 0. The quantitative estimate of drug-likeness (QED) is 0.744. The van der Waals surface area contributed by atoms with Crippen molar-refractivity contribution in [2.24, 2.45) is 5.92 Å². The predicted octanol–water partition coefficient (Wildman–Crippen LogP) is 4.94. The van der Waals surface area contributed by atoms with E-state index in [2.05, 4.69) is 63.9 Å². The van der Waals surface area contributed by atoms with Gasteiger partial charge in [0.1, 0.15) is 0 Å². The summed E-state index contributed by atoms with van der Waals surface area (Å²) in [5.74, 6) is 0.291. The predicted molar refractivity (Wildman–Crippen MR) is 97.4 cm³/mol. The number of benzene rings is 2. The van der Waals surface area contributed by atoms with E-state index in [0.717, 1.165) is 11.3 Å². The van der Waals surface area contributed by atoms with E-state index in [4.69, 9.17) is 0 Å². The van der Waals surface area contributed by atoms with Crippen molar-refractivity contribution in [3.05, 3.63) is 52.6 Å². The van der Waals surface area contributed by atoms with E-state index in [1.807, 2.05) is 13.0 Å². The molecule has 0 saturated heterocycles. The average molecular weight is 307 g/mol. The summed E-state index contributed by atoms with van der Waals surface area (Å²) in [6, 6.07) is 10.8. The lowest BCUT2D eigenvalue weighted by molar-refractivity contribution is 0.0907. The zero-order valence-corrected chi connectivity index (χ0v) is 14.9. The van der Waals surface area contributed by atoms with Crippen LogP contribution >= 0.6 is 0 Å². The van der Waals surface area contributed by atoms with Gasteiger partial charge in [0.2, 0.25) is 0 Å². The molecule has 23 heavy (non-hydrogen) atoms. The molecular weight excluding hydrogens is 282 g/mol. The monoisotopic (exact) mass is 307 g/mol. The van der Waals surface area contributed by atoms with Gasteiger partial charge in [-0.25, -0.2) is 0 Å². The highest BCUT2D eigenvalue weighted by molar-refractivity contribution is 6.08. The second-order valence-electron chi connectivity index (χ2n) is 6.98. The van der Waals surface area contributed by atoms with Gasteiger partial charge in [0.05, 0.1) is 5.69 Å². The smallest absolute Gasteiger partial charge is 0.169 e. The zero-order valence-electron chi connectivity index (χ0n) is 14.9. The van der Waals surface area contributed by atoms with Crippen molar-refractivity contribution in [1.29, 1.82) is 0 Å². The fourth-order valence-corrected chi connectivity index (χ4v) is 3.61. The number of nitrogens with zero attached hydrogens (tertiary/aromatic N) is 1. The summed E-state index contributed by atoms with van der Waals surface area (Å²) in [5, 5.41) is 0. The minimum Gasteiger partial charge on any atom is -0.370 e. The molecule has 2 aromatic carbocycles. The Morgan fingerprint density at radius 3 is 2.26 bits per heavy atom. The first-order valence-electron chi connectivity index (χ1n) is 8.31. The Morgan fingerprint density at radius 2 is 1.57 bits per heavy atom. The number of carbonyl (C=O) groups excluding carboxylic acids is 1. The normalized spacial score (nSPS) is 20.6. The highest BCUT2D eigenvalue weighted by atomic mass is 16.1. The lowest BCUT2D eigenvalue weighted by atomic mass is 9.82. The average Bonchev–Trinajstić information content (AvgIpc) is 2.53. The fraction of sp³-hybridized carbons (Fsp3) is 0.381. The molecule has 1 aliphatic rings. The second kappa shape index (κ2) is 5.52. The zero-order chi connectivity index (χ0) is 16.9. The van der Waals surface area contributed by atoms with Crippen LogP contribution in [-0.2, 0) is 0 Å². The standard InChI is InChI=1S/C21H25NO/c1-12-7-8-13(2)18(11-12)19-14(3)9-10-17-20(19)22(6)16(5)15(4)21(17)23/h7-11,15-16H,1-6H3. The Morgan fingerprint density at radius 1 is 0.913 bits per heavy atom. The van der Waals surface area contributed by atoms with Crippen LogP contribution in [0, 0.1) is 26.7 Å². The van der Waals surface area contributed by atoms with Gasteiger partial charge in [0, 0.05) is 30.1 Å². The van der Waals surface area contributed by atoms with Crippen LogP contribution in [0.1, 0.15) is 40.9 Å². The molecule has 0 bridgehead atoms. The van der Waals surface area contributed by atoms with Crippen molar-refractivity contribution in [3.8, 4) is 11.1 Å². The van der Waals surface area contributed by atoms with Crippen LogP contribution in [0.3, 0.4) is 0 Å². The third kappa shape index (κ3) is 2.37. The third-order valence-electron chi connectivity index (χ3n) is 5.41. The van der Waals surface area contributed by atoms with Crippen molar-refractivity contribution in [2.75, 3.05) is 11.9 Å². The summed E-state index contributed by atoms with van der Waals surface area (Å²) >= 11 is 0.